The average molecular weight is 462 g/mol. The smallest absolute Gasteiger partial charge is 0.307 e. The van der Waals surface area contributed by atoms with E-state index in [4.69, 9.17) is 14.2 Å². The fourth-order valence-corrected chi connectivity index (χ4v) is 3.24. The van der Waals surface area contributed by atoms with E-state index in [2.05, 4.69) is 5.32 Å². The highest BCUT2D eigenvalue weighted by Gasteiger charge is 2.25. The Kier molecular flexibility index (Phi) is 8.80. The number of esters is 1. The summed E-state index contributed by atoms with van der Waals surface area (Å²) in [6.07, 6.45) is -1.34. The van der Waals surface area contributed by atoms with Crippen LogP contribution in [0.4, 0.5) is 5.69 Å². The topological polar surface area (TPSA) is 90.9 Å². The van der Waals surface area contributed by atoms with Gasteiger partial charge < -0.3 is 19.5 Å². The summed E-state index contributed by atoms with van der Waals surface area (Å²) >= 11 is 0. The van der Waals surface area contributed by atoms with Crippen molar-refractivity contribution in [3.8, 4) is 11.5 Å². The van der Waals surface area contributed by atoms with Gasteiger partial charge in [-0.3, -0.25) is 14.4 Å². The van der Waals surface area contributed by atoms with E-state index < -0.39 is 18.0 Å². The van der Waals surface area contributed by atoms with Gasteiger partial charge in [0.1, 0.15) is 11.5 Å². The Balaban J connectivity index is 1.63. The minimum Gasteiger partial charge on any atom is -0.497 e. The standard InChI is InChI=1S/C27H27NO6/c1-3-33-23-13-9-19(10-14-23)24(29)17-18-25(30)34-26(20-7-5-4-6-8-20)27(31)28-21-11-15-22(32-2)16-12-21/h4-16,26H,3,17-18H2,1-2H3,(H,28,31). The third-order valence-corrected chi connectivity index (χ3v) is 4.99. The molecule has 1 amide bonds. The minimum absolute atomic E-state index is 0.0333. The van der Waals surface area contributed by atoms with Crippen molar-refractivity contribution in [1.82, 2.24) is 0 Å². The number of Topliss-reactive ketones (excluding diaryl/α,β-unsaturated/α-hetero) is 1. The molecule has 176 valence electrons. The molecule has 0 saturated carbocycles. The molecule has 0 fully saturated rings. The minimum atomic E-state index is -1.16. The number of rotatable bonds is 11. The lowest BCUT2D eigenvalue weighted by Gasteiger charge is -2.18. The third-order valence-electron chi connectivity index (χ3n) is 4.99. The zero-order valence-corrected chi connectivity index (χ0v) is 19.2. The third kappa shape index (κ3) is 6.93. The van der Waals surface area contributed by atoms with Gasteiger partial charge in [-0.1, -0.05) is 30.3 Å². The predicted molar refractivity (Wildman–Crippen MR) is 128 cm³/mol. The van der Waals surface area contributed by atoms with Crippen LogP contribution in [0.2, 0.25) is 0 Å². The van der Waals surface area contributed by atoms with Gasteiger partial charge in [-0.15, -0.1) is 0 Å². The summed E-state index contributed by atoms with van der Waals surface area (Å²) < 4.78 is 16.0. The fourth-order valence-electron chi connectivity index (χ4n) is 3.24. The van der Waals surface area contributed by atoms with Gasteiger partial charge in [0.25, 0.3) is 5.91 Å². The van der Waals surface area contributed by atoms with Crippen LogP contribution < -0.4 is 14.8 Å². The van der Waals surface area contributed by atoms with Crippen LogP contribution in [-0.2, 0) is 14.3 Å². The Hall–Kier alpha value is -4.13. The van der Waals surface area contributed by atoms with Crippen molar-refractivity contribution < 1.29 is 28.6 Å². The average Bonchev–Trinajstić information content (AvgIpc) is 2.87. The molecule has 7 heteroatoms. The molecular formula is C27H27NO6. The summed E-state index contributed by atoms with van der Waals surface area (Å²) in [5, 5.41) is 2.75. The maximum Gasteiger partial charge on any atom is 0.307 e. The number of nitrogens with one attached hydrogen (secondary N) is 1. The van der Waals surface area contributed by atoms with Crippen LogP contribution in [0.25, 0.3) is 0 Å². The summed E-state index contributed by atoms with van der Waals surface area (Å²) in [6.45, 7) is 2.42. The van der Waals surface area contributed by atoms with Gasteiger partial charge in [0.15, 0.2) is 5.78 Å². The Morgan fingerprint density at radius 2 is 1.47 bits per heavy atom. The van der Waals surface area contributed by atoms with Gasteiger partial charge in [-0.2, -0.15) is 0 Å². The van der Waals surface area contributed by atoms with E-state index in [1.807, 2.05) is 6.92 Å². The Morgan fingerprint density at radius 1 is 0.824 bits per heavy atom. The van der Waals surface area contributed by atoms with E-state index in [9.17, 15) is 14.4 Å². The number of carbonyl (C=O) groups excluding carboxylic acids is 3. The van der Waals surface area contributed by atoms with Gasteiger partial charge in [0, 0.05) is 23.2 Å². The van der Waals surface area contributed by atoms with E-state index >= 15 is 0 Å². The van der Waals surface area contributed by atoms with Crippen LogP contribution in [0.15, 0.2) is 78.9 Å². The number of ketones is 1. The summed E-state index contributed by atoms with van der Waals surface area (Å²) in [5.74, 6) is -0.00668. The maximum absolute atomic E-state index is 12.9. The number of hydrogen-bond acceptors (Lipinski definition) is 6. The van der Waals surface area contributed by atoms with Crippen molar-refractivity contribution in [2.24, 2.45) is 0 Å². The second-order valence-corrected chi connectivity index (χ2v) is 7.38. The highest BCUT2D eigenvalue weighted by molar-refractivity contribution is 5.98. The number of amides is 1. The predicted octanol–water partition coefficient (Wildman–Crippen LogP) is 4.98. The first kappa shape index (κ1) is 24.5. The normalized spacial score (nSPS) is 11.2. The molecule has 3 aromatic rings. The van der Waals surface area contributed by atoms with Crippen molar-refractivity contribution in [2.75, 3.05) is 19.0 Å². The molecule has 0 aliphatic heterocycles. The number of benzene rings is 3. The Labute approximate surface area is 198 Å². The quantitative estimate of drug-likeness (QED) is 0.320. The molecule has 0 radical (unpaired) electrons. The monoisotopic (exact) mass is 461 g/mol. The van der Waals surface area contributed by atoms with Gasteiger partial charge in [-0.25, -0.2) is 0 Å². The fraction of sp³-hybridized carbons (Fsp3) is 0.222. The maximum atomic E-state index is 12.9. The molecule has 1 atom stereocenters. The van der Waals surface area contributed by atoms with Crippen molar-refractivity contribution in [2.45, 2.75) is 25.9 Å². The largest absolute Gasteiger partial charge is 0.497 e. The molecule has 0 aliphatic carbocycles. The second-order valence-electron chi connectivity index (χ2n) is 7.38. The Bertz CT molecular complexity index is 1090. The first-order valence-corrected chi connectivity index (χ1v) is 11.0. The van der Waals surface area contributed by atoms with Gasteiger partial charge >= 0.3 is 5.97 Å². The summed E-state index contributed by atoms with van der Waals surface area (Å²) in [6, 6.07) is 22.3. The van der Waals surface area contributed by atoms with E-state index in [-0.39, 0.29) is 18.6 Å². The molecule has 0 saturated heterocycles. The molecule has 0 heterocycles. The zero-order chi connectivity index (χ0) is 24.3. The van der Waals surface area contributed by atoms with Crippen LogP contribution in [0.3, 0.4) is 0 Å². The SMILES string of the molecule is CCOc1ccc(C(=O)CCC(=O)OC(C(=O)Nc2ccc(OC)cc2)c2ccccc2)cc1. The lowest BCUT2D eigenvalue weighted by molar-refractivity contribution is -0.154. The molecule has 3 rings (SSSR count). The molecule has 3 aromatic carbocycles. The molecule has 1 N–H and O–H groups in total. The van der Waals surface area contributed by atoms with E-state index in [1.165, 1.54) is 0 Å². The molecule has 0 bridgehead atoms. The van der Waals surface area contributed by atoms with Gasteiger partial charge in [-0.05, 0) is 55.5 Å². The summed E-state index contributed by atoms with van der Waals surface area (Å²) in [4.78, 5) is 38.0. The molecule has 0 spiro atoms. The lowest BCUT2D eigenvalue weighted by atomic mass is 10.1. The first-order chi connectivity index (χ1) is 16.5. The summed E-state index contributed by atoms with van der Waals surface area (Å²) in [7, 11) is 1.55. The van der Waals surface area contributed by atoms with Crippen LogP contribution in [0, 0.1) is 0 Å². The van der Waals surface area contributed by atoms with Crippen molar-refractivity contribution in [3.63, 3.8) is 0 Å². The molecular weight excluding hydrogens is 434 g/mol. The van der Waals surface area contributed by atoms with Crippen LogP contribution >= 0.6 is 0 Å². The van der Waals surface area contributed by atoms with Crippen LogP contribution in [0.5, 0.6) is 11.5 Å². The number of ether oxygens (including phenoxy) is 3. The van der Waals surface area contributed by atoms with Crippen molar-refractivity contribution in [3.05, 3.63) is 90.0 Å². The van der Waals surface area contributed by atoms with Crippen molar-refractivity contribution >= 4 is 23.3 Å². The number of carbonyl (C=O) groups is 3. The molecule has 34 heavy (non-hydrogen) atoms. The lowest BCUT2D eigenvalue weighted by Crippen LogP contribution is -2.26. The van der Waals surface area contributed by atoms with E-state index in [0.717, 1.165) is 0 Å². The second kappa shape index (κ2) is 12.2. The highest BCUT2D eigenvalue weighted by Crippen LogP contribution is 2.23. The number of hydrogen-bond donors (Lipinski definition) is 1. The first-order valence-electron chi connectivity index (χ1n) is 11.0. The highest BCUT2D eigenvalue weighted by atomic mass is 16.5. The van der Waals surface area contributed by atoms with Crippen LogP contribution in [-0.4, -0.2) is 31.4 Å². The number of anilines is 1. The Morgan fingerprint density at radius 3 is 2.09 bits per heavy atom. The van der Waals surface area contributed by atoms with E-state index in [1.54, 1.807) is 86.0 Å². The molecule has 7 nitrogen and oxygen atoms in total. The summed E-state index contributed by atoms with van der Waals surface area (Å²) in [5.41, 5.74) is 1.54. The van der Waals surface area contributed by atoms with Crippen molar-refractivity contribution in [1.29, 1.82) is 0 Å². The molecule has 1 unspecified atom stereocenters. The molecule has 0 aromatic heterocycles. The van der Waals surface area contributed by atoms with Crippen LogP contribution in [0.1, 0.15) is 41.8 Å². The van der Waals surface area contributed by atoms with Gasteiger partial charge in [0.2, 0.25) is 6.10 Å². The van der Waals surface area contributed by atoms with Gasteiger partial charge in [0.05, 0.1) is 20.1 Å². The molecule has 0 aliphatic rings. The van der Waals surface area contributed by atoms with E-state index in [0.29, 0.717) is 34.9 Å². The number of methoxy groups -OCH3 is 1. The zero-order valence-electron chi connectivity index (χ0n) is 19.2.